The summed E-state index contributed by atoms with van der Waals surface area (Å²) in [5.74, 6) is 1.01. The third-order valence-corrected chi connectivity index (χ3v) is 2.22. The molecule has 0 heterocycles. The second kappa shape index (κ2) is 5.03. The highest BCUT2D eigenvalue weighted by molar-refractivity contribution is 7.99. The van der Waals surface area contributed by atoms with Gasteiger partial charge in [0, 0.05) is 10.6 Å². The summed E-state index contributed by atoms with van der Waals surface area (Å²) in [5.41, 5.74) is 0. The van der Waals surface area contributed by atoms with Crippen LogP contribution in [0, 0.1) is 6.92 Å². The highest BCUT2D eigenvalue weighted by atomic mass is 32.2. The van der Waals surface area contributed by atoms with Gasteiger partial charge in [-0.3, -0.25) is 0 Å². The van der Waals surface area contributed by atoms with Crippen molar-refractivity contribution in [3.63, 3.8) is 0 Å². The minimum atomic E-state index is 1.01. The predicted molar refractivity (Wildman–Crippen MR) is 51.7 cm³/mol. The summed E-state index contributed by atoms with van der Waals surface area (Å²) in [7, 11) is 0. The largest absolute Gasteiger partial charge is 0.122 e. The van der Waals surface area contributed by atoms with E-state index in [4.69, 9.17) is 0 Å². The van der Waals surface area contributed by atoms with Crippen molar-refractivity contribution < 1.29 is 0 Å². The van der Waals surface area contributed by atoms with E-state index in [2.05, 4.69) is 37.3 Å². The number of thioether (sulfide) groups is 1. The molecular weight excluding hydrogens is 152 g/mol. The second-order valence-electron chi connectivity index (χ2n) is 2.10. The van der Waals surface area contributed by atoms with Crippen LogP contribution in [0.25, 0.3) is 0 Å². The van der Waals surface area contributed by atoms with Gasteiger partial charge in [0.15, 0.2) is 0 Å². The molecule has 1 radical (unpaired) electrons. The number of hydrogen-bond donors (Lipinski definition) is 0. The molecule has 0 spiro atoms. The Morgan fingerprint density at radius 2 is 2.00 bits per heavy atom. The van der Waals surface area contributed by atoms with Gasteiger partial charge in [0.05, 0.1) is 0 Å². The average Bonchev–Trinajstić information content (AvgIpc) is 2.07. The molecule has 0 fully saturated rings. The van der Waals surface area contributed by atoms with E-state index in [1.165, 1.54) is 4.90 Å². The first-order chi connectivity index (χ1) is 5.43. The van der Waals surface area contributed by atoms with Crippen molar-refractivity contribution in [3.8, 4) is 0 Å². The molecule has 0 aromatic heterocycles. The molecule has 0 saturated heterocycles. The van der Waals surface area contributed by atoms with Gasteiger partial charge in [0.1, 0.15) is 0 Å². The fraction of sp³-hybridized carbons (Fsp3) is 0.100. The number of allylic oxidation sites excluding steroid dienone is 1. The van der Waals surface area contributed by atoms with E-state index in [0.29, 0.717) is 0 Å². The van der Waals surface area contributed by atoms with Gasteiger partial charge in [-0.25, -0.2) is 0 Å². The van der Waals surface area contributed by atoms with Crippen LogP contribution < -0.4 is 0 Å². The Bertz CT molecular complexity index is 214. The van der Waals surface area contributed by atoms with Crippen molar-refractivity contribution in [1.82, 2.24) is 0 Å². The van der Waals surface area contributed by atoms with Crippen molar-refractivity contribution in [2.45, 2.75) is 4.90 Å². The minimum absolute atomic E-state index is 1.01. The maximum atomic E-state index is 3.62. The van der Waals surface area contributed by atoms with Crippen LogP contribution in [0.4, 0.5) is 0 Å². The normalized spacial score (nSPS) is 10.6. The van der Waals surface area contributed by atoms with Gasteiger partial charge in [-0.2, -0.15) is 0 Å². The van der Waals surface area contributed by atoms with Crippen molar-refractivity contribution in [1.29, 1.82) is 0 Å². The van der Waals surface area contributed by atoms with E-state index in [-0.39, 0.29) is 0 Å². The zero-order valence-corrected chi connectivity index (χ0v) is 7.18. The van der Waals surface area contributed by atoms with Crippen LogP contribution in [0.2, 0.25) is 0 Å². The first-order valence-electron chi connectivity index (χ1n) is 3.55. The standard InChI is InChI=1S/C10H11S/c1-2-3-9-11-10-7-5-4-6-8-10/h2-8H,1,9H2. The van der Waals surface area contributed by atoms with Gasteiger partial charge in [-0.05, 0) is 19.1 Å². The summed E-state index contributed by atoms with van der Waals surface area (Å²) in [6, 6.07) is 10.4. The van der Waals surface area contributed by atoms with Crippen LogP contribution >= 0.6 is 11.8 Å². The molecule has 1 aromatic rings. The predicted octanol–water partition coefficient (Wildman–Crippen LogP) is 3.17. The smallest absolute Gasteiger partial charge is 0.0160 e. The highest BCUT2D eigenvalue weighted by Crippen LogP contribution is 2.16. The Morgan fingerprint density at radius 1 is 1.27 bits per heavy atom. The molecule has 0 saturated carbocycles. The molecule has 0 aliphatic heterocycles. The highest BCUT2D eigenvalue weighted by Gasteiger charge is 1.86. The van der Waals surface area contributed by atoms with E-state index in [0.717, 1.165) is 5.75 Å². The van der Waals surface area contributed by atoms with Gasteiger partial charge < -0.3 is 0 Å². The molecule has 0 bridgehead atoms. The molecule has 0 amide bonds. The molecule has 1 rings (SSSR count). The third-order valence-electron chi connectivity index (χ3n) is 1.26. The molecule has 0 aliphatic carbocycles. The topological polar surface area (TPSA) is 0 Å². The molecule has 1 heteroatoms. The van der Waals surface area contributed by atoms with Crippen LogP contribution in [0.15, 0.2) is 47.4 Å². The fourth-order valence-electron chi connectivity index (χ4n) is 0.729. The Hall–Kier alpha value is -0.690. The summed E-state index contributed by atoms with van der Waals surface area (Å²) >= 11 is 1.82. The molecular formula is C10H11S. The van der Waals surface area contributed by atoms with Gasteiger partial charge in [-0.1, -0.05) is 30.4 Å². The van der Waals surface area contributed by atoms with E-state index in [9.17, 15) is 0 Å². The lowest BCUT2D eigenvalue weighted by molar-refractivity contribution is 1.46. The molecule has 0 aliphatic rings. The molecule has 11 heavy (non-hydrogen) atoms. The van der Waals surface area contributed by atoms with Gasteiger partial charge >= 0.3 is 0 Å². The SMILES string of the molecule is [CH2]C=CCSc1ccccc1. The lowest BCUT2D eigenvalue weighted by Crippen LogP contribution is -1.71. The Kier molecular flexibility index (Phi) is 3.84. The maximum absolute atomic E-state index is 3.62. The fourth-order valence-corrected chi connectivity index (χ4v) is 1.50. The maximum Gasteiger partial charge on any atom is 0.0160 e. The first-order valence-corrected chi connectivity index (χ1v) is 4.54. The van der Waals surface area contributed by atoms with Crippen molar-refractivity contribution >= 4 is 11.8 Å². The van der Waals surface area contributed by atoms with Crippen molar-refractivity contribution in [2.24, 2.45) is 0 Å². The van der Waals surface area contributed by atoms with E-state index >= 15 is 0 Å². The number of benzene rings is 1. The molecule has 1 aromatic carbocycles. The lowest BCUT2D eigenvalue weighted by Gasteiger charge is -1.94. The summed E-state index contributed by atoms with van der Waals surface area (Å²) in [5, 5.41) is 0. The van der Waals surface area contributed by atoms with Crippen LogP contribution in [-0.2, 0) is 0 Å². The van der Waals surface area contributed by atoms with Crippen molar-refractivity contribution in [3.05, 3.63) is 49.4 Å². The molecule has 0 atom stereocenters. The first kappa shape index (κ1) is 8.41. The van der Waals surface area contributed by atoms with E-state index < -0.39 is 0 Å². The van der Waals surface area contributed by atoms with Crippen LogP contribution in [-0.4, -0.2) is 5.75 Å². The summed E-state index contributed by atoms with van der Waals surface area (Å²) in [6.45, 7) is 3.62. The lowest BCUT2D eigenvalue weighted by atomic mass is 10.4. The number of rotatable bonds is 3. The number of hydrogen-bond acceptors (Lipinski definition) is 1. The molecule has 57 valence electrons. The Labute approximate surface area is 72.3 Å². The average molecular weight is 163 g/mol. The third kappa shape index (κ3) is 3.28. The molecule has 0 unspecified atom stereocenters. The van der Waals surface area contributed by atoms with E-state index in [1.54, 1.807) is 0 Å². The second-order valence-corrected chi connectivity index (χ2v) is 3.19. The molecule has 0 N–H and O–H groups in total. The zero-order valence-electron chi connectivity index (χ0n) is 6.36. The Balaban J connectivity index is 2.39. The quantitative estimate of drug-likeness (QED) is 0.617. The zero-order chi connectivity index (χ0) is 7.94. The monoisotopic (exact) mass is 163 g/mol. The van der Waals surface area contributed by atoms with Gasteiger partial charge in [0.25, 0.3) is 0 Å². The van der Waals surface area contributed by atoms with E-state index in [1.807, 2.05) is 23.9 Å². The summed E-state index contributed by atoms with van der Waals surface area (Å²) in [4.78, 5) is 1.31. The van der Waals surface area contributed by atoms with Gasteiger partial charge in [0.2, 0.25) is 0 Å². The minimum Gasteiger partial charge on any atom is -0.122 e. The van der Waals surface area contributed by atoms with Gasteiger partial charge in [-0.15, -0.1) is 11.8 Å². The van der Waals surface area contributed by atoms with Crippen LogP contribution in [0.3, 0.4) is 0 Å². The van der Waals surface area contributed by atoms with Crippen LogP contribution in [0.5, 0.6) is 0 Å². The Morgan fingerprint density at radius 3 is 2.64 bits per heavy atom. The summed E-state index contributed by atoms with van der Waals surface area (Å²) < 4.78 is 0. The summed E-state index contributed by atoms with van der Waals surface area (Å²) in [6.07, 6.45) is 3.88. The van der Waals surface area contributed by atoms with Crippen LogP contribution in [0.1, 0.15) is 0 Å². The molecule has 0 nitrogen and oxygen atoms in total. The van der Waals surface area contributed by atoms with Crippen molar-refractivity contribution in [2.75, 3.05) is 5.75 Å².